The average Bonchev–Trinajstić information content (AvgIpc) is 2.96. The highest BCUT2D eigenvalue weighted by Crippen LogP contribution is 2.38. The molecule has 1 aliphatic heterocycles. The molecule has 3 amide bonds. The molecule has 3 rings (SSSR count). The Labute approximate surface area is 191 Å². The molecule has 0 unspecified atom stereocenters. The van der Waals surface area contributed by atoms with E-state index >= 15 is 0 Å². The summed E-state index contributed by atoms with van der Waals surface area (Å²) in [4.78, 5) is 35.6. The van der Waals surface area contributed by atoms with Crippen LogP contribution in [0, 0.1) is 0 Å². The van der Waals surface area contributed by atoms with Crippen LogP contribution in [0.1, 0.15) is 18.1 Å². The van der Waals surface area contributed by atoms with Gasteiger partial charge in [0.05, 0.1) is 11.6 Å². The number of hydrogen-bond acceptors (Lipinski definition) is 5. The molecule has 10 heteroatoms. The van der Waals surface area contributed by atoms with Gasteiger partial charge in [-0.2, -0.15) is 0 Å². The number of benzene rings is 2. The van der Waals surface area contributed by atoms with Gasteiger partial charge in [-0.3, -0.25) is 9.59 Å². The van der Waals surface area contributed by atoms with Crippen LogP contribution in [0.3, 0.4) is 0 Å². The van der Waals surface area contributed by atoms with Gasteiger partial charge in [-0.25, -0.2) is 9.69 Å². The number of nitrogens with one attached hydrogen (secondary N) is 1. The Kier molecular flexibility index (Phi) is 7.19. The van der Waals surface area contributed by atoms with Gasteiger partial charge in [-0.05, 0) is 48.4 Å². The Morgan fingerprint density at radius 1 is 1.23 bits per heavy atom. The lowest BCUT2D eigenvalue weighted by Gasteiger charge is -2.15. The summed E-state index contributed by atoms with van der Waals surface area (Å²) in [6.45, 7) is 1.71. The number of amides is 3. The summed E-state index contributed by atoms with van der Waals surface area (Å²) in [5.41, 5.74) is 1.35. The summed E-state index contributed by atoms with van der Waals surface area (Å²) in [7, 11) is 0. The van der Waals surface area contributed by atoms with Crippen molar-refractivity contribution in [1.82, 2.24) is 10.2 Å². The standard InChI is InChI=1S/C21H18BrClN2O6/c1-2-30-17-9-13(8-16-20(28)25(10-18(26)27)21(29)24-16)7-15(23)19(17)31-11-12-3-5-14(22)6-4-12/h3-9H,2,10-11H2,1H3,(H,24,29)(H,26,27)/b16-8+. The first-order valence-electron chi connectivity index (χ1n) is 9.18. The average molecular weight is 510 g/mol. The first kappa shape index (κ1) is 22.6. The molecule has 0 spiro atoms. The monoisotopic (exact) mass is 508 g/mol. The number of hydrogen-bond donors (Lipinski definition) is 2. The maximum atomic E-state index is 12.3. The molecule has 1 saturated heterocycles. The van der Waals surface area contributed by atoms with Crippen LogP contribution in [0.4, 0.5) is 4.79 Å². The summed E-state index contributed by atoms with van der Waals surface area (Å²) < 4.78 is 12.5. The molecule has 0 saturated carbocycles. The molecular formula is C21H18BrClN2O6. The Morgan fingerprint density at radius 2 is 1.94 bits per heavy atom. The fourth-order valence-electron chi connectivity index (χ4n) is 2.83. The lowest BCUT2D eigenvalue weighted by Crippen LogP contribution is -2.35. The van der Waals surface area contributed by atoms with Crippen LogP contribution in [-0.4, -0.2) is 41.1 Å². The zero-order valence-electron chi connectivity index (χ0n) is 16.4. The minimum atomic E-state index is -1.29. The Hall–Kier alpha value is -3.04. The summed E-state index contributed by atoms with van der Waals surface area (Å²) in [5.74, 6) is -1.31. The molecule has 0 bridgehead atoms. The summed E-state index contributed by atoms with van der Waals surface area (Å²) >= 11 is 9.79. The Morgan fingerprint density at radius 3 is 2.58 bits per heavy atom. The van der Waals surface area contributed by atoms with Gasteiger partial charge in [-0.15, -0.1) is 0 Å². The number of carboxylic acids is 1. The van der Waals surface area contributed by atoms with Crippen LogP contribution in [0.15, 0.2) is 46.6 Å². The zero-order chi connectivity index (χ0) is 22.5. The van der Waals surface area contributed by atoms with Crippen LogP contribution in [-0.2, 0) is 16.2 Å². The zero-order valence-corrected chi connectivity index (χ0v) is 18.7. The fourth-order valence-corrected chi connectivity index (χ4v) is 3.37. The van der Waals surface area contributed by atoms with Gasteiger partial charge in [0.25, 0.3) is 5.91 Å². The number of carboxylic acid groups (broad SMARTS) is 1. The normalized spacial score (nSPS) is 14.7. The lowest BCUT2D eigenvalue weighted by atomic mass is 10.1. The van der Waals surface area contributed by atoms with Gasteiger partial charge >= 0.3 is 12.0 Å². The SMILES string of the molecule is CCOc1cc(/C=C2/NC(=O)N(CC(=O)O)C2=O)cc(Cl)c1OCc1ccc(Br)cc1. The topological polar surface area (TPSA) is 105 Å². The van der Waals surface area contributed by atoms with Crippen molar-refractivity contribution in [3.8, 4) is 11.5 Å². The molecule has 0 radical (unpaired) electrons. The third kappa shape index (κ3) is 5.56. The highest BCUT2D eigenvalue weighted by Gasteiger charge is 2.34. The molecule has 2 aromatic rings. The number of ether oxygens (including phenoxy) is 2. The van der Waals surface area contributed by atoms with Crippen LogP contribution < -0.4 is 14.8 Å². The van der Waals surface area contributed by atoms with Crippen molar-refractivity contribution in [2.24, 2.45) is 0 Å². The summed E-state index contributed by atoms with van der Waals surface area (Å²) in [6, 6.07) is 10.0. The molecule has 2 N–H and O–H groups in total. The van der Waals surface area contributed by atoms with Crippen LogP contribution >= 0.6 is 27.5 Å². The summed E-state index contributed by atoms with van der Waals surface area (Å²) in [5, 5.41) is 11.5. The van der Waals surface area contributed by atoms with E-state index in [-0.39, 0.29) is 17.3 Å². The number of carbonyl (C=O) groups excluding carboxylic acids is 2. The largest absolute Gasteiger partial charge is 0.490 e. The second-order valence-electron chi connectivity index (χ2n) is 6.45. The smallest absolute Gasteiger partial charge is 0.329 e. The van der Waals surface area contributed by atoms with Crippen molar-refractivity contribution in [2.75, 3.05) is 13.2 Å². The minimum absolute atomic E-state index is 0.0618. The number of urea groups is 1. The van der Waals surface area contributed by atoms with Gasteiger partial charge in [0.2, 0.25) is 0 Å². The number of halogens is 2. The van der Waals surface area contributed by atoms with Gasteiger partial charge in [0.15, 0.2) is 11.5 Å². The quantitative estimate of drug-likeness (QED) is 0.411. The van der Waals surface area contributed by atoms with E-state index in [9.17, 15) is 14.4 Å². The van der Waals surface area contributed by atoms with E-state index in [1.165, 1.54) is 6.08 Å². The third-order valence-electron chi connectivity index (χ3n) is 4.19. The molecule has 2 aromatic carbocycles. The maximum Gasteiger partial charge on any atom is 0.329 e. The number of rotatable bonds is 8. The van der Waals surface area contributed by atoms with Crippen LogP contribution in [0.25, 0.3) is 6.08 Å². The molecule has 162 valence electrons. The highest BCUT2D eigenvalue weighted by molar-refractivity contribution is 9.10. The predicted octanol–water partition coefficient (Wildman–Crippen LogP) is 4.06. The van der Waals surface area contributed by atoms with E-state index < -0.39 is 24.5 Å². The maximum absolute atomic E-state index is 12.3. The summed E-state index contributed by atoms with van der Waals surface area (Å²) in [6.07, 6.45) is 1.40. The Bertz CT molecular complexity index is 1050. The highest BCUT2D eigenvalue weighted by atomic mass is 79.9. The first-order valence-corrected chi connectivity index (χ1v) is 10.4. The molecule has 1 fully saturated rings. The molecular weight excluding hydrogens is 492 g/mol. The van der Waals surface area contributed by atoms with E-state index in [0.717, 1.165) is 10.0 Å². The van der Waals surface area contributed by atoms with E-state index in [1.54, 1.807) is 12.1 Å². The molecule has 8 nitrogen and oxygen atoms in total. The van der Waals surface area contributed by atoms with Crippen molar-refractivity contribution in [2.45, 2.75) is 13.5 Å². The molecule has 31 heavy (non-hydrogen) atoms. The fraction of sp³-hybridized carbons (Fsp3) is 0.190. The van der Waals surface area contributed by atoms with E-state index in [1.807, 2.05) is 31.2 Å². The van der Waals surface area contributed by atoms with Crippen molar-refractivity contribution in [3.63, 3.8) is 0 Å². The van der Waals surface area contributed by atoms with Gasteiger partial charge in [-0.1, -0.05) is 39.7 Å². The van der Waals surface area contributed by atoms with Gasteiger partial charge in [0, 0.05) is 4.47 Å². The molecule has 0 aromatic heterocycles. The molecule has 1 aliphatic rings. The van der Waals surface area contributed by atoms with Crippen molar-refractivity contribution in [1.29, 1.82) is 0 Å². The van der Waals surface area contributed by atoms with Crippen molar-refractivity contribution >= 4 is 51.5 Å². The second kappa shape index (κ2) is 9.84. The molecule has 0 atom stereocenters. The van der Waals surface area contributed by atoms with E-state index in [4.69, 9.17) is 26.2 Å². The molecule has 0 aliphatic carbocycles. The minimum Gasteiger partial charge on any atom is -0.490 e. The van der Waals surface area contributed by atoms with Gasteiger partial charge in [0.1, 0.15) is 18.8 Å². The predicted molar refractivity (Wildman–Crippen MR) is 117 cm³/mol. The Balaban J connectivity index is 1.85. The van der Waals surface area contributed by atoms with Gasteiger partial charge < -0.3 is 19.9 Å². The van der Waals surface area contributed by atoms with Crippen molar-refractivity contribution in [3.05, 3.63) is 62.7 Å². The first-order chi connectivity index (χ1) is 14.8. The van der Waals surface area contributed by atoms with Crippen LogP contribution in [0.2, 0.25) is 5.02 Å². The third-order valence-corrected chi connectivity index (χ3v) is 5.00. The number of nitrogens with zero attached hydrogens (tertiary/aromatic N) is 1. The van der Waals surface area contributed by atoms with Crippen molar-refractivity contribution < 1.29 is 29.0 Å². The van der Waals surface area contributed by atoms with Crippen LogP contribution in [0.5, 0.6) is 11.5 Å². The second-order valence-corrected chi connectivity index (χ2v) is 7.77. The lowest BCUT2D eigenvalue weighted by molar-refractivity contribution is -0.140. The van der Waals surface area contributed by atoms with E-state index in [2.05, 4.69) is 21.2 Å². The number of imide groups is 1. The number of aliphatic carboxylic acids is 1. The molecule has 1 heterocycles. The van der Waals surface area contributed by atoms with E-state index in [0.29, 0.717) is 28.6 Å². The number of carbonyl (C=O) groups is 3.